The molecular formula is C19H21NO. The molecule has 1 aliphatic rings. The fourth-order valence-electron chi connectivity index (χ4n) is 2.88. The van der Waals surface area contributed by atoms with Crippen molar-refractivity contribution in [3.63, 3.8) is 0 Å². The highest BCUT2D eigenvalue weighted by Crippen LogP contribution is 2.19. The average molecular weight is 279 g/mol. The summed E-state index contributed by atoms with van der Waals surface area (Å²) in [5.74, 6) is 0.126. The van der Waals surface area contributed by atoms with E-state index in [0.717, 1.165) is 28.8 Å². The van der Waals surface area contributed by atoms with Crippen LogP contribution < -0.4 is 0 Å². The first-order valence-electron chi connectivity index (χ1n) is 7.57. The van der Waals surface area contributed by atoms with Crippen LogP contribution in [-0.4, -0.2) is 23.8 Å². The fourth-order valence-corrected chi connectivity index (χ4v) is 2.88. The Bertz CT molecular complexity index is 634. The van der Waals surface area contributed by atoms with E-state index in [9.17, 15) is 4.79 Å². The van der Waals surface area contributed by atoms with Crippen LogP contribution in [0.1, 0.15) is 39.0 Å². The number of carbonyl (C=O) groups is 1. The third kappa shape index (κ3) is 2.91. The summed E-state index contributed by atoms with van der Waals surface area (Å²) < 4.78 is 0. The zero-order valence-corrected chi connectivity index (χ0v) is 12.7. The van der Waals surface area contributed by atoms with Gasteiger partial charge in [-0.2, -0.15) is 0 Å². The summed E-state index contributed by atoms with van der Waals surface area (Å²) in [5.41, 5.74) is 5.00. The minimum atomic E-state index is 0.126. The van der Waals surface area contributed by atoms with E-state index in [-0.39, 0.29) is 5.78 Å². The van der Waals surface area contributed by atoms with Crippen molar-refractivity contribution in [2.24, 2.45) is 0 Å². The van der Waals surface area contributed by atoms with Crippen LogP contribution in [0.25, 0.3) is 0 Å². The Morgan fingerprint density at radius 1 is 1.00 bits per heavy atom. The molecule has 0 atom stereocenters. The van der Waals surface area contributed by atoms with Crippen LogP contribution in [-0.2, 0) is 6.54 Å². The Labute approximate surface area is 126 Å². The second-order valence-corrected chi connectivity index (χ2v) is 5.92. The molecule has 0 aromatic heterocycles. The molecule has 1 aliphatic heterocycles. The van der Waals surface area contributed by atoms with E-state index in [1.807, 2.05) is 44.2 Å². The monoisotopic (exact) mass is 279 g/mol. The molecule has 0 unspecified atom stereocenters. The minimum absolute atomic E-state index is 0.126. The molecule has 0 N–H and O–H groups in total. The zero-order valence-electron chi connectivity index (χ0n) is 12.7. The van der Waals surface area contributed by atoms with Crippen LogP contribution in [0.4, 0.5) is 0 Å². The largest absolute Gasteiger partial charge is 0.299 e. The molecule has 21 heavy (non-hydrogen) atoms. The predicted molar refractivity (Wildman–Crippen MR) is 85.7 cm³/mol. The van der Waals surface area contributed by atoms with Crippen molar-refractivity contribution in [3.8, 4) is 0 Å². The molecule has 0 amide bonds. The van der Waals surface area contributed by atoms with Crippen molar-refractivity contribution in [2.45, 2.75) is 26.8 Å². The van der Waals surface area contributed by atoms with Gasteiger partial charge in [0, 0.05) is 17.7 Å². The average Bonchev–Trinajstić information content (AvgIpc) is 2.43. The Hall–Kier alpha value is -1.93. The number of carbonyl (C=O) groups excluding carboxylic acids is 1. The molecule has 2 aromatic carbocycles. The summed E-state index contributed by atoms with van der Waals surface area (Å²) >= 11 is 0. The van der Waals surface area contributed by atoms with Crippen molar-refractivity contribution in [1.82, 2.24) is 4.90 Å². The summed E-state index contributed by atoms with van der Waals surface area (Å²) in [7, 11) is 0. The molecule has 0 radical (unpaired) electrons. The van der Waals surface area contributed by atoms with Gasteiger partial charge in [0.25, 0.3) is 0 Å². The second-order valence-electron chi connectivity index (χ2n) is 5.92. The number of nitrogens with zero attached hydrogens (tertiary/aromatic N) is 1. The van der Waals surface area contributed by atoms with Gasteiger partial charge in [0.15, 0.2) is 5.78 Å². The van der Waals surface area contributed by atoms with Gasteiger partial charge in [0.1, 0.15) is 0 Å². The van der Waals surface area contributed by atoms with Gasteiger partial charge >= 0.3 is 0 Å². The van der Waals surface area contributed by atoms with Crippen molar-refractivity contribution in [2.75, 3.05) is 13.1 Å². The van der Waals surface area contributed by atoms with Crippen LogP contribution in [0.3, 0.4) is 0 Å². The lowest BCUT2D eigenvalue weighted by Gasteiger charge is -2.30. The van der Waals surface area contributed by atoms with Crippen molar-refractivity contribution in [1.29, 1.82) is 0 Å². The molecule has 1 heterocycles. The van der Waals surface area contributed by atoms with Crippen LogP contribution in [0.5, 0.6) is 0 Å². The van der Waals surface area contributed by atoms with E-state index in [2.05, 4.69) is 17.0 Å². The third-order valence-electron chi connectivity index (χ3n) is 4.28. The minimum Gasteiger partial charge on any atom is -0.299 e. The highest BCUT2D eigenvalue weighted by molar-refractivity contribution is 6.10. The maximum absolute atomic E-state index is 12.7. The molecule has 0 saturated carbocycles. The highest BCUT2D eigenvalue weighted by Gasteiger charge is 2.16. The van der Waals surface area contributed by atoms with Gasteiger partial charge in [-0.3, -0.25) is 9.69 Å². The van der Waals surface area contributed by atoms with Crippen LogP contribution in [0, 0.1) is 13.8 Å². The first kappa shape index (κ1) is 14.0. The Balaban J connectivity index is 1.81. The van der Waals surface area contributed by atoms with Gasteiger partial charge in [0.05, 0.1) is 0 Å². The van der Waals surface area contributed by atoms with E-state index in [0.29, 0.717) is 0 Å². The van der Waals surface area contributed by atoms with E-state index < -0.39 is 0 Å². The van der Waals surface area contributed by atoms with Crippen LogP contribution in [0.2, 0.25) is 0 Å². The van der Waals surface area contributed by atoms with Gasteiger partial charge in [-0.05, 0) is 50.0 Å². The quantitative estimate of drug-likeness (QED) is 0.795. The van der Waals surface area contributed by atoms with E-state index >= 15 is 0 Å². The van der Waals surface area contributed by atoms with E-state index in [1.165, 1.54) is 25.1 Å². The molecule has 108 valence electrons. The van der Waals surface area contributed by atoms with Crippen LogP contribution in [0.15, 0.2) is 42.5 Å². The third-order valence-corrected chi connectivity index (χ3v) is 4.28. The number of benzene rings is 2. The SMILES string of the molecule is Cc1cccc(C)c1C(=O)c1ccc(CN2CCC2)cc1. The molecule has 0 bridgehead atoms. The lowest BCUT2D eigenvalue weighted by molar-refractivity contribution is 0.103. The smallest absolute Gasteiger partial charge is 0.193 e. The normalized spacial score (nSPS) is 14.8. The van der Waals surface area contributed by atoms with Gasteiger partial charge in [0.2, 0.25) is 0 Å². The Morgan fingerprint density at radius 2 is 1.62 bits per heavy atom. The molecule has 0 spiro atoms. The molecule has 1 fully saturated rings. The molecular weight excluding hydrogens is 258 g/mol. The number of likely N-dealkylation sites (tertiary alicyclic amines) is 1. The zero-order chi connectivity index (χ0) is 14.8. The molecule has 2 nitrogen and oxygen atoms in total. The lowest BCUT2D eigenvalue weighted by Crippen LogP contribution is -2.36. The molecule has 2 aromatic rings. The van der Waals surface area contributed by atoms with Crippen molar-refractivity contribution >= 4 is 5.78 Å². The number of ketones is 1. The van der Waals surface area contributed by atoms with E-state index in [1.54, 1.807) is 0 Å². The molecule has 0 aliphatic carbocycles. The fraction of sp³-hybridized carbons (Fsp3) is 0.316. The first-order valence-corrected chi connectivity index (χ1v) is 7.57. The van der Waals surface area contributed by atoms with Crippen LogP contribution >= 0.6 is 0 Å². The number of aryl methyl sites for hydroxylation is 2. The standard InChI is InChI=1S/C19H21NO/c1-14-5-3-6-15(2)18(14)19(21)17-9-7-16(8-10-17)13-20-11-4-12-20/h3,5-10H,4,11-13H2,1-2H3. The predicted octanol–water partition coefficient (Wildman–Crippen LogP) is 3.74. The number of rotatable bonds is 4. The molecule has 2 heteroatoms. The number of hydrogen-bond acceptors (Lipinski definition) is 2. The van der Waals surface area contributed by atoms with Gasteiger partial charge in [-0.15, -0.1) is 0 Å². The Kier molecular flexibility index (Phi) is 3.89. The molecule has 3 rings (SSSR count). The first-order chi connectivity index (χ1) is 10.1. The van der Waals surface area contributed by atoms with Gasteiger partial charge < -0.3 is 0 Å². The topological polar surface area (TPSA) is 20.3 Å². The summed E-state index contributed by atoms with van der Waals surface area (Å²) in [5, 5.41) is 0. The lowest BCUT2D eigenvalue weighted by atomic mass is 9.94. The summed E-state index contributed by atoms with van der Waals surface area (Å²) in [6, 6.07) is 14.1. The van der Waals surface area contributed by atoms with E-state index in [4.69, 9.17) is 0 Å². The Morgan fingerprint density at radius 3 is 2.14 bits per heavy atom. The molecule has 1 saturated heterocycles. The van der Waals surface area contributed by atoms with Gasteiger partial charge in [-0.1, -0.05) is 42.5 Å². The summed E-state index contributed by atoms with van der Waals surface area (Å²) in [6.07, 6.45) is 1.31. The maximum atomic E-state index is 12.7. The van der Waals surface area contributed by atoms with Crippen molar-refractivity contribution in [3.05, 3.63) is 70.3 Å². The maximum Gasteiger partial charge on any atom is 0.193 e. The highest BCUT2D eigenvalue weighted by atomic mass is 16.1. The second kappa shape index (κ2) is 5.82. The summed E-state index contributed by atoms with van der Waals surface area (Å²) in [4.78, 5) is 15.1. The summed E-state index contributed by atoms with van der Waals surface area (Å²) in [6.45, 7) is 7.39. The number of hydrogen-bond donors (Lipinski definition) is 0. The van der Waals surface area contributed by atoms with Gasteiger partial charge in [-0.25, -0.2) is 0 Å². The van der Waals surface area contributed by atoms with Crippen molar-refractivity contribution < 1.29 is 4.79 Å².